The second kappa shape index (κ2) is 10.3. The summed E-state index contributed by atoms with van der Waals surface area (Å²) in [6, 6.07) is 6.47. The highest BCUT2D eigenvalue weighted by Crippen LogP contribution is 2.36. The molecular formula is C25H17ClF5N7O. The van der Waals surface area contributed by atoms with Crippen LogP contribution in [0.1, 0.15) is 23.7 Å². The predicted octanol–water partition coefficient (Wildman–Crippen LogP) is 5.32. The number of nitrogens with zero attached hydrogens (tertiary/aromatic N) is 6. The fraction of sp³-hybridized carbons (Fsp3) is 0.120. The molecule has 1 aromatic carbocycles. The molecule has 0 fully saturated rings. The molecule has 0 aliphatic heterocycles. The minimum atomic E-state index is -3.03. The highest BCUT2D eigenvalue weighted by Gasteiger charge is 2.27. The fourth-order valence-corrected chi connectivity index (χ4v) is 4.34. The first-order valence-electron chi connectivity index (χ1n) is 11.3. The van der Waals surface area contributed by atoms with Gasteiger partial charge in [-0.15, -0.1) is 0 Å². The van der Waals surface area contributed by atoms with Crippen molar-refractivity contribution < 1.29 is 26.7 Å². The molecule has 14 heteroatoms. The Kier molecular flexibility index (Phi) is 6.91. The van der Waals surface area contributed by atoms with Gasteiger partial charge in [-0.05, 0) is 24.3 Å². The van der Waals surface area contributed by atoms with Crippen molar-refractivity contribution in [1.82, 2.24) is 24.5 Å². The average Bonchev–Trinajstić information content (AvgIpc) is 3.53. The van der Waals surface area contributed by atoms with E-state index in [9.17, 15) is 27.2 Å². The van der Waals surface area contributed by atoms with Gasteiger partial charge < -0.3 is 10.9 Å². The summed E-state index contributed by atoms with van der Waals surface area (Å²) in [6.45, 7) is -0.0943. The molecule has 0 aliphatic rings. The van der Waals surface area contributed by atoms with Crippen LogP contribution in [-0.4, -0.2) is 24.5 Å². The highest BCUT2D eigenvalue weighted by atomic mass is 35.5. The van der Waals surface area contributed by atoms with Crippen molar-refractivity contribution in [2.24, 2.45) is 0 Å². The van der Waals surface area contributed by atoms with E-state index in [-0.39, 0.29) is 34.2 Å². The number of halogens is 6. The zero-order chi connectivity index (χ0) is 27.8. The summed E-state index contributed by atoms with van der Waals surface area (Å²) in [7, 11) is 0. The first kappa shape index (κ1) is 26.1. The lowest BCUT2D eigenvalue weighted by Crippen LogP contribution is -2.37. The van der Waals surface area contributed by atoms with E-state index in [0.717, 1.165) is 30.7 Å². The Hall–Kier alpha value is -4.52. The molecule has 2 N–H and O–H groups in total. The van der Waals surface area contributed by atoms with Crippen LogP contribution >= 0.6 is 11.6 Å². The summed E-state index contributed by atoms with van der Waals surface area (Å²) in [6.07, 6.45) is 2.76. The van der Waals surface area contributed by atoms with E-state index in [1.807, 2.05) is 0 Å². The van der Waals surface area contributed by atoms with Gasteiger partial charge in [-0.3, -0.25) is 9.36 Å². The lowest BCUT2D eigenvalue weighted by atomic mass is 9.99. The molecule has 4 aromatic heterocycles. The van der Waals surface area contributed by atoms with Crippen LogP contribution in [0.3, 0.4) is 0 Å². The maximum absolute atomic E-state index is 14.8. The fourth-order valence-electron chi connectivity index (χ4n) is 4.18. The van der Waals surface area contributed by atoms with Crippen LogP contribution < -0.4 is 10.5 Å². The van der Waals surface area contributed by atoms with E-state index < -0.39 is 41.2 Å². The van der Waals surface area contributed by atoms with Gasteiger partial charge in [-0.25, -0.2) is 22.5 Å². The van der Waals surface area contributed by atoms with Crippen LogP contribution in [0.5, 0.6) is 0 Å². The van der Waals surface area contributed by atoms with Crippen molar-refractivity contribution in [3.8, 4) is 22.3 Å². The Morgan fingerprint density at radius 3 is 2.44 bits per heavy atom. The van der Waals surface area contributed by atoms with Crippen LogP contribution in [0.4, 0.5) is 27.8 Å². The topological polar surface area (TPSA) is 101 Å². The zero-order valence-electron chi connectivity index (χ0n) is 19.6. The number of rotatable bonds is 7. The molecular weight excluding hydrogens is 545 g/mol. The molecule has 4 heterocycles. The molecule has 0 saturated heterocycles. The molecule has 0 saturated carbocycles. The predicted molar refractivity (Wildman–Crippen MR) is 131 cm³/mol. The SMILES string of the molecule is Nc1ccc(-c2cnn([C@H](Cn3cc(F)cn3)c3ccc(-c4c(C(F)F)ccc(Cl)c4F)c[n+]3[O-])c2)c(F)n1. The molecule has 0 aliphatic carbocycles. The zero-order valence-corrected chi connectivity index (χ0v) is 20.4. The summed E-state index contributed by atoms with van der Waals surface area (Å²) in [5, 5.41) is 21.0. The number of nitrogen functional groups attached to an aromatic ring is 1. The smallest absolute Gasteiger partial charge is 0.264 e. The van der Waals surface area contributed by atoms with Gasteiger partial charge in [-0.1, -0.05) is 17.7 Å². The average molecular weight is 562 g/mol. The van der Waals surface area contributed by atoms with E-state index in [1.54, 1.807) is 0 Å². The lowest BCUT2D eigenvalue weighted by molar-refractivity contribution is -0.615. The summed E-state index contributed by atoms with van der Waals surface area (Å²) in [4.78, 5) is 3.59. The number of benzene rings is 1. The van der Waals surface area contributed by atoms with E-state index in [2.05, 4.69) is 15.2 Å². The second-order valence-corrected chi connectivity index (χ2v) is 8.88. The summed E-state index contributed by atoms with van der Waals surface area (Å²) in [5.74, 6) is -2.56. The van der Waals surface area contributed by atoms with Gasteiger partial charge in [0.05, 0.1) is 35.7 Å². The van der Waals surface area contributed by atoms with Crippen molar-refractivity contribution in [3.63, 3.8) is 0 Å². The van der Waals surface area contributed by atoms with Gasteiger partial charge in [0, 0.05) is 34.5 Å². The Morgan fingerprint density at radius 1 is 0.974 bits per heavy atom. The summed E-state index contributed by atoms with van der Waals surface area (Å²) < 4.78 is 73.0. The molecule has 5 aromatic rings. The van der Waals surface area contributed by atoms with Crippen LogP contribution in [-0.2, 0) is 6.54 Å². The van der Waals surface area contributed by atoms with Crippen LogP contribution in [0.2, 0.25) is 5.02 Å². The molecule has 0 radical (unpaired) electrons. The molecule has 0 bridgehead atoms. The van der Waals surface area contributed by atoms with Crippen molar-refractivity contribution in [2.75, 3.05) is 5.73 Å². The van der Waals surface area contributed by atoms with Crippen molar-refractivity contribution in [2.45, 2.75) is 19.0 Å². The summed E-state index contributed by atoms with van der Waals surface area (Å²) in [5.41, 5.74) is 4.68. The van der Waals surface area contributed by atoms with Gasteiger partial charge in [0.15, 0.2) is 18.1 Å². The number of alkyl halides is 2. The molecule has 0 spiro atoms. The van der Waals surface area contributed by atoms with Gasteiger partial charge in [-0.2, -0.15) is 19.3 Å². The molecule has 39 heavy (non-hydrogen) atoms. The van der Waals surface area contributed by atoms with Crippen molar-refractivity contribution in [1.29, 1.82) is 0 Å². The maximum Gasteiger partial charge on any atom is 0.264 e. The van der Waals surface area contributed by atoms with E-state index in [0.29, 0.717) is 10.3 Å². The first-order valence-corrected chi connectivity index (χ1v) is 11.6. The largest absolute Gasteiger partial charge is 0.618 e. The van der Waals surface area contributed by atoms with Gasteiger partial charge in [0.25, 0.3) is 6.43 Å². The number of hydrogen-bond donors (Lipinski definition) is 1. The third-order valence-corrected chi connectivity index (χ3v) is 6.29. The van der Waals surface area contributed by atoms with Crippen molar-refractivity contribution in [3.05, 3.63) is 106 Å². The third kappa shape index (κ3) is 5.12. The standard InChI is InChI=1S/C25H17ClF5N7O/c26-18-4-2-17(24(29)30)22(23(18)28)13-1-5-19(38(39)10-13)20(12-36-11-15(27)8-33-36)37-9-14(7-34-37)16-3-6-21(32)35-25(16)31/h1-11,20,24H,12H2,(H2,32,35)/t20-/m1/s1. The van der Waals surface area contributed by atoms with Crippen LogP contribution in [0, 0.1) is 22.8 Å². The van der Waals surface area contributed by atoms with Gasteiger partial charge >= 0.3 is 0 Å². The minimum Gasteiger partial charge on any atom is -0.618 e. The van der Waals surface area contributed by atoms with E-state index >= 15 is 0 Å². The van der Waals surface area contributed by atoms with E-state index in [1.165, 1.54) is 46.0 Å². The van der Waals surface area contributed by atoms with E-state index in [4.69, 9.17) is 17.3 Å². The monoisotopic (exact) mass is 561 g/mol. The number of hydrogen-bond acceptors (Lipinski definition) is 5. The van der Waals surface area contributed by atoms with Crippen molar-refractivity contribution >= 4 is 17.4 Å². The first-order chi connectivity index (χ1) is 18.6. The number of pyridine rings is 2. The highest BCUT2D eigenvalue weighted by molar-refractivity contribution is 6.31. The molecule has 200 valence electrons. The lowest BCUT2D eigenvalue weighted by Gasteiger charge is -2.18. The number of anilines is 1. The Balaban J connectivity index is 1.59. The molecule has 8 nitrogen and oxygen atoms in total. The van der Waals surface area contributed by atoms with Crippen LogP contribution in [0.25, 0.3) is 22.3 Å². The molecule has 5 rings (SSSR count). The normalized spacial score (nSPS) is 12.3. The van der Waals surface area contributed by atoms with Gasteiger partial charge in [0.1, 0.15) is 11.6 Å². The third-order valence-electron chi connectivity index (χ3n) is 6.00. The quantitative estimate of drug-likeness (QED) is 0.125. The minimum absolute atomic E-state index is 0.0131. The number of nitrogens with two attached hydrogens (primary N) is 1. The molecule has 0 unspecified atom stereocenters. The number of aromatic nitrogens is 6. The maximum atomic E-state index is 14.8. The molecule has 1 atom stereocenters. The molecule has 0 amide bonds. The Labute approximate surface area is 222 Å². The van der Waals surface area contributed by atoms with Crippen LogP contribution in [0.15, 0.2) is 67.4 Å². The second-order valence-electron chi connectivity index (χ2n) is 8.47. The Bertz CT molecular complexity index is 1670. The Morgan fingerprint density at radius 2 is 1.77 bits per heavy atom. The summed E-state index contributed by atoms with van der Waals surface area (Å²) >= 11 is 5.81. The van der Waals surface area contributed by atoms with Gasteiger partial charge in [0.2, 0.25) is 11.6 Å².